The highest BCUT2D eigenvalue weighted by atomic mass is 32.2. The van der Waals surface area contributed by atoms with Crippen molar-refractivity contribution in [2.24, 2.45) is 0 Å². The lowest BCUT2D eigenvalue weighted by Crippen LogP contribution is -2.38. The Bertz CT molecular complexity index is 416. The molecule has 0 unspecified atom stereocenters. The lowest BCUT2D eigenvalue weighted by atomic mass is 10.2. The van der Waals surface area contributed by atoms with Crippen LogP contribution in [0.5, 0.6) is 0 Å². The van der Waals surface area contributed by atoms with Crippen LogP contribution < -0.4 is 5.32 Å². The zero-order valence-corrected chi connectivity index (χ0v) is 10.7. The Hall–Kier alpha value is -0.960. The van der Waals surface area contributed by atoms with Crippen molar-refractivity contribution in [3.8, 4) is 0 Å². The van der Waals surface area contributed by atoms with Gasteiger partial charge in [0.05, 0.1) is 6.54 Å². The summed E-state index contributed by atoms with van der Waals surface area (Å²) in [6.07, 6.45) is -3.76. The Kier molecular flexibility index (Phi) is 5.69. The molecule has 0 fully saturated rings. The first-order valence-corrected chi connectivity index (χ1v) is 6.13. The molecule has 0 aromatic heterocycles. The first-order valence-electron chi connectivity index (χ1n) is 5.31. The number of alkyl halides is 7. The zero-order valence-electron chi connectivity index (χ0n) is 9.85. The summed E-state index contributed by atoms with van der Waals surface area (Å²) in [5.41, 5.74) is -3.99. The molecule has 1 nitrogen and oxygen atoms in total. The third-order valence-electron chi connectivity index (χ3n) is 2.17. The quantitative estimate of drug-likeness (QED) is 0.620. The summed E-state index contributed by atoms with van der Waals surface area (Å²) in [7, 11) is 0. The van der Waals surface area contributed by atoms with Crippen molar-refractivity contribution in [1.29, 1.82) is 0 Å². The Morgan fingerprint density at radius 1 is 1.00 bits per heavy atom. The first kappa shape index (κ1) is 17.1. The van der Waals surface area contributed by atoms with Gasteiger partial charge in [-0.15, -0.1) is 0 Å². The van der Waals surface area contributed by atoms with E-state index in [9.17, 15) is 30.7 Å². The van der Waals surface area contributed by atoms with Crippen molar-refractivity contribution < 1.29 is 30.7 Å². The van der Waals surface area contributed by atoms with Crippen LogP contribution in [0.15, 0.2) is 29.2 Å². The van der Waals surface area contributed by atoms with Gasteiger partial charge in [0.25, 0.3) is 0 Å². The minimum atomic E-state index is -4.40. The average Bonchev–Trinajstić information content (AvgIpc) is 2.29. The SMILES string of the molecule is FC(F)C(F)(F)CNCc1ccc(SC(F)(F)F)cc1. The topological polar surface area (TPSA) is 12.0 Å². The lowest BCUT2D eigenvalue weighted by molar-refractivity contribution is -0.125. The van der Waals surface area contributed by atoms with Gasteiger partial charge in [-0.25, -0.2) is 8.78 Å². The van der Waals surface area contributed by atoms with Crippen LogP contribution in [-0.2, 0) is 6.54 Å². The lowest BCUT2D eigenvalue weighted by Gasteiger charge is -2.15. The molecule has 20 heavy (non-hydrogen) atoms. The molecule has 114 valence electrons. The molecule has 0 saturated heterocycles. The van der Waals surface area contributed by atoms with Crippen LogP contribution in [0.4, 0.5) is 30.7 Å². The van der Waals surface area contributed by atoms with Gasteiger partial charge in [-0.2, -0.15) is 22.0 Å². The van der Waals surface area contributed by atoms with Crippen molar-refractivity contribution in [3.05, 3.63) is 29.8 Å². The fraction of sp³-hybridized carbons (Fsp3) is 0.455. The Balaban J connectivity index is 2.47. The minimum absolute atomic E-state index is 0.0424. The van der Waals surface area contributed by atoms with E-state index < -0.39 is 24.4 Å². The molecule has 9 heteroatoms. The van der Waals surface area contributed by atoms with Crippen LogP contribution in [0.1, 0.15) is 5.56 Å². The fourth-order valence-electron chi connectivity index (χ4n) is 1.26. The largest absolute Gasteiger partial charge is 0.446 e. The summed E-state index contributed by atoms with van der Waals surface area (Å²) in [6, 6.07) is 4.98. The van der Waals surface area contributed by atoms with E-state index in [1.807, 2.05) is 0 Å². The molecule has 1 aromatic carbocycles. The number of rotatable bonds is 6. The van der Waals surface area contributed by atoms with Gasteiger partial charge in [0.15, 0.2) is 0 Å². The summed E-state index contributed by atoms with van der Waals surface area (Å²) in [5.74, 6) is -4.13. The van der Waals surface area contributed by atoms with E-state index in [1.54, 1.807) is 0 Å². The van der Waals surface area contributed by atoms with Gasteiger partial charge in [0.1, 0.15) is 0 Å². The van der Waals surface area contributed by atoms with Gasteiger partial charge in [0.2, 0.25) is 0 Å². The molecule has 0 aliphatic rings. The standard InChI is InChI=1S/C11H10F7NS/c12-9(13)10(14,15)6-19-5-7-1-3-8(4-2-7)20-11(16,17)18/h1-4,9,19H,5-6H2. The van der Waals surface area contributed by atoms with Crippen molar-refractivity contribution >= 4 is 11.8 Å². The maximum absolute atomic E-state index is 12.6. The van der Waals surface area contributed by atoms with Crippen LogP contribution in [0, 0.1) is 0 Å². The Labute approximate surface area is 114 Å². The second-order valence-electron chi connectivity index (χ2n) is 3.86. The summed E-state index contributed by atoms with van der Waals surface area (Å²) in [5, 5.41) is 2.13. The first-order chi connectivity index (χ1) is 9.10. The predicted molar refractivity (Wildman–Crippen MR) is 61.0 cm³/mol. The molecule has 0 heterocycles. The monoisotopic (exact) mass is 321 g/mol. The molecule has 1 rings (SSSR count). The summed E-state index contributed by atoms with van der Waals surface area (Å²) >= 11 is -0.298. The van der Waals surface area contributed by atoms with E-state index in [0.717, 1.165) is 0 Å². The smallest absolute Gasteiger partial charge is 0.307 e. The highest BCUT2D eigenvalue weighted by Crippen LogP contribution is 2.36. The third kappa shape index (κ3) is 6.00. The number of halogens is 7. The molecule has 0 saturated carbocycles. The minimum Gasteiger partial charge on any atom is -0.307 e. The van der Waals surface area contributed by atoms with E-state index in [4.69, 9.17) is 0 Å². The van der Waals surface area contributed by atoms with Gasteiger partial charge < -0.3 is 5.32 Å². The van der Waals surface area contributed by atoms with Crippen molar-refractivity contribution in [2.75, 3.05) is 6.54 Å². The Morgan fingerprint density at radius 2 is 1.55 bits per heavy atom. The maximum Gasteiger partial charge on any atom is 0.446 e. The highest BCUT2D eigenvalue weighted by Gasteiger charge is 2.39. The molecule has 0 aliphatic carbocycles. The van der Waals surface area contributed by atoms with Crippen LogP contribution in [-0.4, -0.2) is 24.4 Å². The van der Waals surface area contributed by atoms with E-state index in [2.05, 4.69) is 5.32 Å². The van der Waals surface area contributed by atoms with Crippen LogP contribution >= 0.6 is 11.8 Å². The van der Waals surface area contributed by atoms with Gasteiger partial charge in [-0.1, -0.05) is 12.1 Å². The molecular formula is C11H10F7NS. The van der Waals surface area contributed by atoms with E-state index in [0.29, 0.717) is 5.56 Å². The number of benzene rings is 1. The van der Waals surface area contributed by atoms with Crippen LogP contribution in [0.2, 0.25) is 0 Å². The number of nitrogens with one attached hydrogen (secondary N) is 1. The van der Waals surface area contributed by atoms with Crippen molar-refractivity contribution in [2.45, 2.75) is 29.3 Å². The van der Waals surface area contributed by atoms with Crippen LogP contribution in [0.25, 0.3) is 0 Å². The molecule has 0 atom stereocenters. The molecule has 1 aromatic rings. The summed E-state index contributed by atoms with van der Waals surface area (Å²) in [6.45, 7) is -1.34. The molecule has 0 amide bonds. The molecule has 1 N–H and O–H groups in total. The number of hydrogen-bond acceptors (Lipinski definition) is 2. The second kappa shape index (κ2) is 6.66. The van der Waals surface area contributed by atoms with E-state index in [-0.39, 0.29) is 23.2 Å². The molecular weight excluding hydrogens is 311 g/mol. The second-order valence-corrected chi connectivity index (χ2v) is 5.00. The number of hydrogen-bond donors (Lipinski definition) is 1. The fourth-order valence-corrected chi connectivity index (χ4v) is 1.80. The van der Waals surface area contributed by atoms with E-state index >= 15 is 0 Å². The summed E-state index contributed by atoms with van der Waals surface area (Å²) < 4.78 is 85.0. The van der Waals surface area contributed by atoms with Gasteiger partial charge in [-0.3, -0.25) is 0 Å². The van der Waals surface area contributed by atoms with Gasteiger partial charge in [0, 0.05) is 11.4 Å². The third-order valence-corrected chi connectivity index (χ3v) is 2.91. The zero-order chi connectivity index (χ0) is 15.4. The summed E-state index contributed by atoms with van der Waals surface area (Å²) in [4.78, 5) is -0.0424. The van der Waals surface area contributed by atoms with Crippen molar-refractivity contribution in [1.82, 2.24) is 5.32 Å². The normalized spacial score (nSPS) is 13.0. The average molecular weight is 321 g/mol. The number of thioether (sulfide) groups is 1. The highest BCUT2D eigenvalue weighted by molar-refractivity contribution is 8.00. The molecule has 0 radical (unpaired) electrons. The van der Waals surface area contributed by atoms with Gasteiger partial charge >= 0.3 is 17.9 Å². The Morgan fingerprint density at radius 3 is 2.00 bits per heavy atom. The van der Waals surface area contributed by atoms with E-state index in [1.165, 1.54) is 24.3 Å². The van der Waals surface area contributed by atoms with Crippen LogP contribution in [0.3, 0.4) is 0 Å². The maximum atomic E-state index is 12.6. The molecule has 0 aliphatic heterocycles. The van der Waals surface area contributed by atoms with Gasteiger partial charge in [-0.05, 0) is 29.5 Å². The molecule has 0 bridgehead atoms. The molecule has 0 spiro atoms. The predicted octanol–water partition coefficient (Wildman–Crippen LogP) is 4.29. The van der Waals surface area contributed by atoms with Crippen molar-refractivity contribution in [3.63, 3.8) is 0 Å².